The van der Waals surface area contributed by atoms with Gasteiger partial charge in [-0.2, -0.15) is 0 Å². The van der Waals surface area contributed by atoms with Gasteiger partial charge in [0.1, 0.15) is 5.76 Å². The molecule has 2 rings (SSSR count). The van der Waals surface area contributed by atoms with Crippen molar-refractivity contribution in [1.82, 2.24) is 10.2 Å². The average Bonchev–Trinajstić information content (AvgIpc) is 3.10. The van der Waals surface area contributed by atoms with Gasteiger partial charge in [0.25, 0.3) is 0 Å². The van der Waals surface area contributed by atoms with E-state index in [0.717, 1.165) is 12.3 Å². The van der Waals surface area contributed by atoms with Gasteiger partial charge in [-0.3, -0.25) is 9.69 Å². The molecular weight excluding hydrogens is 230 g/mol. The van der Waals surface area contributed by atoms with Crippen molar-refractivity contribution in [2.75, 3.05) is 13.6 Å². The van der Waals surface area contributed by atoms with Crippen molar-refractivity contribution in [2.24, 2.45) is 5.73 Å². The Bertz CT molecular complexity index is 374. The maximum absolute atomic E-state index is 11.5. The predicted octanol–water partition coefficient (Wildman–Crippen LogP) is 0.707. The van der Waals surface area contributed by atoms with E-state index in [1.807, 2.05) is 12.1 Å². The lowest BCUT2D eigenvalue weighted by molar-refractivity contribution is -0.121. The van der Waals surface area contributed by atoms with Crippen molar-refractivity contribution < 1.29 is 9.21 Å². The third-order valence-corrected chi connectivity index (χ3v) is 3.38. The van der Waals surface area contributed by atoms with Crippen molar-refractivity contribution in [3.8, 4) is 0 Å². The summed E-state index contributed by atoms with van der Waals surface area (Å²) < 4.78 is 5.38. The van der Waals surface area contributed by atoms with Crippen LogP contribution in [-0.4, -0.2) is 36.5 Å². The summed E-state index contributed by atoms with van der Waals surface area (Å²) >= 11 is 0. The van der Waals surface area contributed by atoms with Crippen LogP contribution in [0.3, 0.4) is 0 Å². The first kappa shape index (κ1) is 13.1. The SMILES string of the molecule is CNC(=O)CC(CN)N(Cc1ccco1)C1CC1. The number of furan rings is 1. The van der Waals surface area contributed by atoms with Gasteiger partial charge in [-0.25, -0.2) is 0 Å². The highest BCUT2D eigenvalue weighted by Crippen LogP contribution is 2.30. The van der Waals surface area contributed by atoms with E-state index < -0.39 is 0 Å². The zero-order chi connectivity index (χ0) is 13.0. The van der Waals surface area contributed by atoms with Crippen molar-refractivity contribution >= 4 is 5.91 Å². The first-order valence-electron chi connectivity index (χ1n) is 6.43. The number of rotatable bonds is 7. The molecule has 0 bridgehead atoms. The lowest BCUT2D eigenvalue weighted by atomic mass is 10.1. The van der Waals surface area contributed by atoms with Gasteiger partial charge in [0.2, 0.25) is 5.91 Å². The Kier molecular flexibility index (Phi) is 4.38. The lowest BCUT2D eigenvalue weighted by Gasteiger charge is -2.29. The molecule has 5 nitrogen and oxygen atoms in total. The van der Waals surface area contributed by atoms with Gasteiger partial charge in [0, 0.05) is 32.1 Å². The van der Waals surface area contributed by atoms with Crippen molar-refractivity contribution in [3.63, 3.8) is 0 Å². The largest absolute Gasteiger partial charge is 0.468 e. The first-order chi connectivity index (χ1) is 8.74. The molecule has 0 spiro atoms. The van der Waals surface area contributed by atoms with E-state index >= 15 is 0 Å². The topological polar surface area (TPSA) is 71.5 Å². The van der Waals surface area contributed by atoms with Crippen LogP contribution in [0.2, 0.25) is 0 Å². The summed E-state index contributed by atoms with van der Waals surface area (Å²) in [4.78, 5) is 13.8. The molecule has 1 heterocycles. The van der Waals surface area contributed by atoms with Crippen molar-refractivity contribution in [3.05, 3.63) is 24.2 Å². The van der Waals surface area contributed by atoms with Gasteiger partial charge < -0.3 is 15.5 Å². The molecule has 100 valence electrons. The Morgan fingerprint density at radius 2 is 2.44 bits per heavy atom. The smallest absolute Gasteiger partial charge is 0.221 e. The van der Waals surface area contributed by atoms with Crippen LogP contribution in [0.25, 0.3) is 0 Å². The number of nitrogens with one attached hydrogen (secondary N) is 1. The van der Waals surface area contributed by atoms with Crippen LogP contribution < -0.4 is 11.1 Å². The van der Waals surface area contributed by atoms with E-state index in [2.05, 4.69) is 10.2 Å². The zero-order valence-electron chi connectivity index (χ0n) is 10.8. The van der Waals surface area contributed by atoms with Gasteiger partial charge in [-0.05, 0) is 25.0 Å². The highest BCUT2D eigenvalue weighted by molar-refractivity contribution is 5.76. The molecule has 1 unspecified atom stereocenters. The molecule has 5 heteroatoms. The third kappa shape index (κ3) is 3.34. The number of nitrogens with two attached hydrogens (primary N) is 1. The Morgan fingerprint density at radius 3 is 2.94 bits per heavy atom. The molecule has 1 aromatic rings. The fourth-order valence-electron chi connectivity index (χ4n) is 2.20. The second kappa shape index (κ2) is 6.02. The molecule has 1 atom stereocenters. The van der Waals surface area contributed by atoms with Gasteiger partial charge >= 0.3 is 0 Å². The maximum Gasteiger partial charge on any atom is 0.221 e. The lowest BCUT2D eigenvalue weighted by Crippen LogP contribution is -2.44. The molecule has 0 radical (unpaired) electrons. The molecule has 0 aromatic carbocycles. The van der Waals surface area contributed by atoms with Crippen LogP contribution in [0.4, 0.5) is 0 Å². The molecule has 0 aliphatic heterocycles. The summed E-state index contributed by atoms with van der Waals surface area (Å²) in [5.74, 6) is 0.966. The van der Waals surface area contributed by atoms with Gasteiger partial charge in [0.05, 0.1) is 12.8 Å². The van der Waals surface area contributed by atoms with E-state index in [-0.39, 0.29) is 11.9 Å². The molecule has 18 heavy (non-hydrogen) atoms. The van der Waals surface area contributed by atoms with E-state index in [9.17, 15) is 4.79 Å². The summed E-state index contributed by atoms with van der Waals surface area (Å²) in [6, 6.07) is 4.48. The summed E-state index contributed by atoms with van der Waals surface area (Å²) in [6.07, 6.45) is 4.50. The predicted molar refractivity (Wildman–Crippen MR) is 68.8 cm³/mol. The van der Waals surface area contributed by atoms with Gasteiger partial charge in [-0.1, -0.05) is 0 Å². The minimum absolute atomic E-state index is 0.0375. The number of carbonyl (C=O) groups is 1. The summed E-state index contributed by atoms with van der Waals surface area (Å²) in [6.45, 7) is 1.22. The van der Waals surface area contributed by atoms with Crippen LogP contribution >= 0.6 is 0 Å². The Balaban J connectivity index is 2.00. The highest BCUT2D eigenvalue weighted by atomic mass is 16.3. The zero-order valence-corrected chi connectivity index (χ0v) is 10.8. The Morgan fingerprint density at radius 1 is 1.67 bits per heavy atom. The van der Waals surface area contributed by atoms with Crippen LogP contribution in [0.5, 0.6) is 0 Å². The van der Waals surface area contributed by atoms with E-state index in [1.54, 1.807) is 13.3 Å². The quantitative estimate of drug-likeness (QED) is 0.748. The van der Waals surface area contributed by atoms with Crippen LogP contribution in [-0.2, 0) is 11.3 Å². The number of nitrogens with zero attached hydrogens (tertiary/aromatic N) is 1. The van der Waals surface area contributed by atoms with Gasteiger partial charge in [0.15, 0.2) is 0 Å². The third-order valence-electron chi connectivity index (χ3n) is 3.38. The fourth-order valence-corrected chi connectivity index (χ4v) is 2.20. The van der Waals surface area contributed by atoms with E-state index in [1.165, 1.54) is 12.8 Å². The summed E-state index contributed by atoms with van der Waals surface area (Å²) in [5.41, 5.74) is 5.82. The number of hydrogen-bond donors (Lipinski definition) is 2. The summed E-state index contributed by atoms with van der Waals surface area (Å²) in [5, 5.41) is 2.66. The molecule has 1 aromatic heterocycles. The molecular formula is C13H21N3O2. The van der Waals surface area contributed by atoms with Crippen LogP contribution in [0.15, 0.2) is 22.8 Å². The maximum atomic E-state index is 11.5. The Hall–Kier alpha value is -1.33. The second-order valence-electron chi connectivity index (χ2n) is 4.75. The monoisotopic (exact) mass is 251 g/mol. The first-order valence-corrected chi connectivity index (χ1v) is 6.43. The molecule has 3 N–H and O–H groups in total. The minimum Gasteiger partial charge on any atom is -0.468 e. The number of carbonyl (C=O) groups excluding carboxylic acids is 1. The second-order valence-corrected chi connectivity index (χ2v) is 4.75. The molecule has 0 saturated heterocycles. The molecule has 1 saturated carbocycles. The Labute approximate surface area is 107 Å². The van der Waals surface area contributed by atoms with Crippen molar-refractivity contribution in [2.45, 2.75) is 37.9 Å². The minimum atomic E-state index is 0.0375. The molecule has 1 aliphatic carbocycles. The van der Waals surface area contributed by atoms with Crippen molar-refractivity contribution in [1.29, 1.82) is 0 Å². The summed E-state index contributed by atoms with van der Waals surface area (Å²) in [7, 11) is 1.66. The molecule has 1 amide bonds. The standard InChI is InChI=1S/C13H21N3O2/c1-15-13(17)7-11(8-14)16(10-4-5-10)9-12-3-2-6-18-12/h2-3,6,10-11H,4-5,7-9,14H2,1H3,(H,15,17). The normalized spacial score (nSPS) is 16.8. The molecule has 1 fully saturated rings. The van der Waals surface area contributed by atoms with Gasteiger partial charge in [-0.15, -0.1) is 0 Å². The average molecular weight is 251 g/mol. The van der Waals surface area contributed by atoms with Crippen LogP contribution in [0, 0.1) is 0 Å². The molecule has 1 aliphatic rings. The fraction of sp³-hybridized carbons (Fsp3) is 0.615. The number of hydrogen-bond acceptors (Lipinski definition) is 4. The van der Waals surface area contributed by atoms with Crippen LogP contribution in [0.1, 0.15) is 25.0 Å². The van der Waals surface area contributed by atoms with E-state index in [4.69, 9.17) is 10.2 Å². The number of amides is 1. The highest BCUT2D eigenvalue weighted by Gasteiger charge is 2.34. The van der Waals surface area contributed by atoms with E-state index in [0.29, 0.717) is 19.0 Å².